The van der Waals surface area contributed by atoms with Crippen molar-refractivity contribution in [3.05, 3.63) is 53.3 Å². The molecule has 0 amide bonds. The van der Waals surface area contributed by atoms with E-state index in [9.17, 15) is 9.59 Å². The van der Waals surface area contributed by atoms with Gasteiger partial charge in [-0.15, -0.1) is 0 Å². The highest BCUT2D eigenvalue weighted by Gasteiger charge is 2.15. The van der Waals surface area contributed by atoms with Gasteiger partial charge in [-0.3, -0.25) is 0 Å². The number of carbonyl (C=O) groups is 2. The lowest BCUT2D eigenvalue weighted by atomic mass is 9.94. The van der Waals surface area contributed by atoms with Crippen molar-refractivity contribution < 1.29 is 19.4 Å². The maximum atomic E-state index is 11.1. The van der Waals surface area contributed by atoms with E-state index in [0.717, 1.165) is 17.2 Å². The molecule has 18 heavy (non-hydrogen) atoms. The summed E-state index contributed by atoms with van der Waals surface area (Å²) in [5.74, 6) is -0.840. The zero-order valence-corrected chi connectivity index (χ0v) is 9.68. The number of benzene rings is 1. The van der Waals surface area contributed by atoms with Gasteiger partial charge in [-0.25, -0.2) is 9.59 Å². The van der Waals surface area contributed by atoms with Crippen LogP contribution < -0.4 is 0 Å². The molecule has 0 spiro atoms. The molecule has 1 aliphatic rings. The van der Waals surface area contributed by atoms with Gasteiger partial charge in [0.2, 0.25) is 0 Å². The van der Waals surface area contributed by atoms with Crippen molar-refractivity contribution in [2.45, 2.75) is 12.8 Å². The summed E-state index contributed by atoms with van der Waals surface area (Å²) in [5, 5.41) is 8.89. The molecule has 1 aromatic carbocycles. The van der Waals surface area contributed by atoms with E-state index in [0.29, 0.717) is 18.6 Å². The average Bonchev–Trinajstić information content (AvgIpc) is 2.37. The maximum Gasteiger partial charge on any atom is 0.335 e. The molecular weight excluding hydrogens is 232 g/mol. The molecule has 1 N–H and O–H groups in total. The largest absolute Gasteiger partial charge is 0.478 e. The number of fused-ring (bicyclic) bond motifs is 1. The van der Waals surface area contributed by atoms with Crippen molar-refractivity contribution in [3.8, 4) is 0 Å². The SMILES string of the molecule is C=CC(=O)OC1=Cc2ccc(C(=O)O)cc2CC1. The van der Waals surface area contributed by atoms with Crippen LogP contribution in [0.15, 0.2) is 36.6 Å². The van der Waals surface area contributed by atoms with Gasteiger partial charge in [0, 0.05) is 12.5 Å². The lowest BCUT2D eigenvalue weighted by molar-refractivity contribution is -0.133. The minimum Gasteiger partial charge on any atom is -0.478 e. The minimum absolute atomic E-state index is 0.272. The summed E-state index contributed by atoms with van der Waals surface area (Å²) in [5.41, 5.74) is 2.11. The number of carbonyl (C=O) groups excluding carboxylic acids is 1. The first-order chi connectivity index (χ1) is 8.60. The Morgan fingerprint density at radius 1 is 1.33 bits per heavy atom. The van der Waals surface area contributed by atoms with Crippen LogP contribution in [-0.4, -0.2) is 17.0 Å². The fourth-order valence-electron chi connectivity index (χ4n) is 1.85. The van der Waals surface area contributed by atoms with E-state index in [1.54, 1.807) is 18.2 Å². The lowest BCUT2D eigenvalue weighted by Crippen LogP contribution is -2.07. The minimum atomic E-state index is -0.939. The molecule has 0 atom stereocenters. The van der Waals surface area contributed by atoms with E-state index >= 15 is 0 Å². The predicted octanol–water partition coefficient (Wildman–Crippen LogP) is 2.40. The molecule has 0 fully saturated rings. The number of aryl methyl sites for hydroxylation is 1. The second kappa shape index (κ2) is 4.87. The first kappa shape index (κ1) is 12.1. The average molecular weight is 244 g/mol. The van der Waals surface area contributed by atoms with Gasteiger partial charge in [-0.05, 0) is 35.8 Å². The van der Waals surface area contributed by atoms with Crippen molar-refractivity contribution >= 4 is 18.0 Å². The lowest BCUT2D eigenvalue weighted by Gasteiger charge is -2.16. The maximum absolute atomic E-state index is 11.1. The Bertz CT molecular complexity index is 555. The van der Waals surface area contributed by atoms with Gasteiger partial charge < -0.3 is 9.84 Å². The molecule has 0 saturated carbocycles. The van der Waals surface area contributed by atoms with Crippen molar-refractivity contribution in [2.24, 2.45) is 0 Å². The monoisotopic (exact) mass is 244 g/mol. The predicted molar refractivity (Wildman–Crippen MR) is 66.0 cm³/mol. The molecule has 2 rings (SSSR count). The second-order valence-electron chi connectivity index (χ2n) is 3.95. The van der Waals surface area contributed by atoms with Crippen molar-refractivity contribution in [1.82, 2.24) is 0 Å². The molecule has 1 aromatic rings. The molecule has 0 heterocycles. The van der Waals surface area contributed by atoms with Crippen molar-refractivity contribution in [1.29, 1.82) is 0 Å². The van der Waals surface area contributed by atoms with E-state index in [1.165, 1.54) is 6.07 Å². The van der Waals surface area contributed by atoms with Gasteiger partial charge in [0.1, 0.15) is 5.76 Å². The molecular formula is C14H12O4. The Labute approximate surface area is 104 Å². The summed E-state index contributed by atoms with van der Waals surface area (Å²) in [6.07, 6.45) is 4.11. The molecule has 4 heteroatoms. The summed E-state index contributed by atoms with van der Waals surface area (Å²) in [7, 11) is 0. The van der Waals surface area contributed by atoms with Gasteiger partial charge in [0.25, 0.3) is 0 Å². The molecule has 1 aliphatic carbocycles. The number of esters is 1. The van der Waals surface area contributed by atoms with Crippen LogP contribution in [-0.2, 0) is 16.0 Å². The highest BCUT2D eigenvalue weighted by Crippen LogP contribution is 2.25. The summed E-state index contributed by atoms with van der Waals surface area (Å²) in [6, 6.07) is 4.91. The molecule has 0 aliphatic heterocycles. The zero-order valence-electron chi connectivity index (χ0n) is 9.68. The van der Waals surface area contributed by atoms with Crippen LogP contribution in [0.2, 0.25) is 0 Å². The van der Waals surface area contributed by atoms with Crippen LogP contribution >= 0.6 is 0 Å². The van der Waals surface area contributed by atoms with Gasteiger partial charge in [-0.2, -0.15) is 0 Å². The molecule has 0 aromatic heterocycles. The number of carboxylic acid groups (broad SMARTS) is 1. The highest BCUT2D eigenvalue weighted by atomic mass is 16.5. The summed E-state index contributed by atoms with van der Waals surface area (Å²) in [4.78, 5) is 21.9. The van der Waals surface area contributed by atoms with Crippen LogP contribution in [0.25, 0.3) is 6.08 Å². The van der Waals surface area contributed by atoms with Crippen molar-refractivity contribution in [2.75, 3.05) is 0 Å². The van der Waals surface area contributed by atoms with Crippen LogP contribution in [0, 0.1) is 0 Å². The standard InChI is InChI=1S/C14H12O4/c1-2-13(15)18-12-6-5-9-7-11(14(16)17)4-3-10(9)8-12/h2-4,7-8H,1,5-6H2,(H,16,17). The fraction of sp³-hybridized carbons (Fsp3) is 0.143. The summed E-state index contributed by atoms with van der Waals surface area (Å²) < 4.78 is 5.06. The first-order valence-electron chi connectivity index (χ1n) is 5.51. The number of allylic oxidation sites excluding steroid dienone is 1. The number of aromatic carboxylic acids is 1. The zero-order chi connectivity index (χ0) is 13.1. The summed E-state index contributed by atoms with van der Waals surface area (Å²) in [6.45, 7) is 3.33. The Hall–Kier alpha value is -2.36. The van der Waals surface area contributed by atoms with Crippen LogP contribution in [0.5, 0.6) is 0 Å². The Balaban J connectivity index is 2.27. The number of hydrogen-bond donors (Lipinski definition) is 1. The van der Waals surface area contributed by atoms with Crippen LogP contribution in [0.1, 0.15) is 27.9 Å². The summed E-state index contributed by atoms with van der Waals surface area (Å²) >= 11 is 0. The molecule has 0 saturated heterocycles. The smallest absolute Gasteiger partial charge is 0.335 e. The third-order valence-corrected chi connectivity index (χ3v) is 2.75. The van der Waals surface area contributed by atoms with Crippen molar-refractivity contribution in [3.63, 3.8) is 0 Å². The fourth-order valence-corrected chi connectivity index (χ4v) is 1.85. The molecule has 4 nitrogen and oxygen atoms in total. The van der Waals surface area contributed by atoms with E-state index in [1.807, 2.05) is 0 Å². The van der Waals surface area contributed by atoms with E-state index in [-0.39, 0.29) is 5.56 Å². The molecule has 0 radical (unpaired) electrons. The Morgan fingerprint density at radius 2 is 2.11 bits per heavy atom. The van der Waals surface area contributed by atoms with E-state index in [2.05, 4.69) is 6.58 Å². The second-order valence-corrected chi connectivity index (χ2v) is 3.95. The Kier molecular flexibility index (Phi) is 3.28. The number of hydrogen-bond acceptors (Lipinski definition) is 3. The van der Waals surface area contributed by atoms with E-state index < -0.39 is 11.9 Å². The molecule has 0 bridgehead atoms. The van der Waals surface area contributed by atoms with Gasteiger partial charge >= 0.3 is 11.9 Å². The van der Waals surface area contributed by atoms with Gasteiger partial charge in [-0.1, -0.05) is 12.6 Å². The number of ether oxygens (including phenoxy) is 1. The normalized spacial score (nSPS) is 13.2. The first-order valence-corrected chi connectivity index (χ1v) is 5.51. The number of rotatable bonds is 3. The quantitative estimate of drug-likeness (QED) is 0.655. The highest BCUT2D eigenvalue weighted by molar-refractivity contribution is 5.88. The topological polar surface area (TPSA) is 63.6 Å². The van der Waals surface area contributed by atoms with E-state index in [4.69, 9.17) is 9.84 Å². The Morgan fingerprint density at radius 3 is 2.78 bits per heavy atom. The third kappa shape index (κ3) is 2.48. The van der Waals surface area contributed by atoms with Gasteiger partial charge in [0.05, 0.1) is 5.56 Å². The van der Waals surface area contributed by atoms with Gasteiger partial charge in [0.15, 0.2) is 0 Å². The van der Waals surface area contributed by atoms with Crippen LogP contribution in [0.4, 0.5) is 0 Å². The molecule has 92 valence electrons. The number of carboxylic acids is 1. The van der Waals surface area contributed by atoms with Crippen LogP contribution in [0.3, 0.4) is 0 Å². The molecule has 0 unspecified atom stereocenters. The third-order valence-electron chi connectivity index (χ3n) is 2.75.